The highest BCUT2D eigenvalue weighted by Crippen LogP contribution is 2.20. The molecule has 1 fully saturated rings. The van der Waals surface area contributed by atoms with Crippen molar-refractivity contribution in [3.63, 3.8) is 0 Å². The van der Waals surface area contributed by atoms with Crippen molar-refractivity contribution in [2.24, 2.45) is 0 Å². The number of hydrogen-bond acceptors (Lipinski definition) is 2. The summed E-state index contributed by atoms with van der Waals surface area (Å²) in [7, 11) is 0. The van der Waals surface area contributed by atoms with Crippen LogP contribution in [0.4, 0.5) is 16.2 Å². The van der Waals surface area contributed by atoms with E-state index < -0.39 is 0 Å². The van der Waals surface area contributed by atoms with E-state index >= 15 is 0 Å². The number of halogens is 1. The summed E-state index contributed by atoms with van der Waals surface area (Å²) < 4.78 is 0. The first-order chi connectivity index (χ1) is 10.6. The number of rotatable bonds is 3. The quantitative estimate of drug-likeness (QED) is 0.914. The maximum absolute atomic E-state index is 12.1. The first-order valence-electron chi connectivity index (χ1n) is 6.86. The molecule has 1 saturated heterocycles. The van der Waals surface area contributed by atoms with Gasteiger partial charge in [0.2, 0.25) is 0 Å². The van der Waals surface area contributed by atoms with Gasteiger partial charge < -0.3 is 10.6 Å². The number of amides is 3. The molecule has 0 atom stereocenters. The number of nitrogens with zero attached hydrogens (tertiary/aromatic N) is 1. The first kappa shape index (κ1) is 14.4. The van der Waals surface area contributed by atoms with Crippen molar-refractivity contribution in [3.05, 3.63) is 59.1 Å². The number of carbonyl (C=O) groups is 2. The fraction of sp³-hybridized carbons (Fsp3) is 0.125. The third kappa shape index (κ3) is 3.04. The third-order valence-corrected chi connectivity index (χ3v) is 3.65. The number of carbonyl (C=O) groups excluding carboxylic acids is 2. The monoisotopic (exact) mass is 315 g/mol. The van der Waals surface area contributed by atoms with Crippen LogP contribution in [0.3, 0.4) is 0 Å². The number of nitrogens with one attached hydrogen (secondary N) is 2. The summed E-state index contributed by atoms with van der Waals surface area (Å²) in [5, 5.41) is 6.14. The largest absolute Gasteiger partial charge is 0.336 e. The van der Waals surface area contributed by atoms with Gasteiger partial charge in [0, 0.05) is 35.1 Å². The smallest absolute Gasteiger partial charge is 0.321 e. The lowest BCUT2D eigenvalue weighted by atomic mass is 10.2. The van der Waals surface area contributed by atoms with Crippen LogP contribution in [0.15, 0.2) is 48.5 Å². The lowest BCUT2D eigenvalue weighted by molar-refractivity contribution is 0.102. The van der Waals surface area contributed by atoms with E-state index in [-0.39, 0.29) is 11.9 Å². The molecule has 1 aliphatic heterocycles. The highest BCUT2D eigenvalue weighted by atomic mass is 35.5. The van der Waals surface area contributed by atoms with Gasteiger partial charge in [-0.25, -0.2) is 4.79 Å². The van der Waals surface area contributed by atoms with Gasteiger partial charge in [-0.05, 0) is 48.5 Å². The normalized spacial score (nSPS) is 13.9. The topological polar surface area (TPSA) is 61.4 Å². The van der Waals surface area contributed by atoms with Crippen LogP contribution in [-0.2, 0) is 0 Å². The van der Waals surface area contributed by atoms with E-state index in [0.717, 1.165) is 5.69 Å². The van der Waals surface area contributed by atoms with E-state index in [1.54, 1.807) is 41.3 Å². The fourth-order valence-corrected chi connectivity index (χ4v) is 2.37. The number of benzene rings is 2. The van der Waals surface area contributed by atoms with Crippen molar-refractivity contribution >= 4 is 34.9 Å². The Labute approximate surface area is 132 Å². The lowest BCUT2D eigenvalue weighted by Gasteiger charge is -2.14. The molecule has 0 spiro atoms. The predicted octanol–water partition coefficient (Wildman–Crippen LogP) is 3.12. The fourth-order valence-electron chi connectivity index (χ4n) is 2.25. The van der Waals surface area contributed by atoms with Gasteiger partial charge in [0.25, 0.3) is 5.91 Å². The molecule has 22 heavy (non-hydrogen) atoms. The molecule has 6 heteroatoms. The van der Waals surface area contributed by atoms with Crippen LogP contribution in [-0.4, -0.2) is 25.0 Å². The lowest BCUT2D eigenvalue weighted by Crippen LogP contribution is -2.27. The molecule has 0 saturated carbocycles. The van der Waals surface area contributed by atoms with Crippen molar-refractivity contribution in [2.45, 2.75) is 0 Å². The van der Waals surface area contributed by atoms with E-state index in [4.69, 9.17) is 11.6 Å². The van der Waals surface area contributed by atoms with Crippen LogP contribution >= 0.6 is 11.6 Å². The van der Waals surface area contributed by atoms with Crippen molar-refractivity contribution in [2.75, 3.05) is 23.3 Å². The zero-order valence-electron chi connectivity index (χ0n) is 11.7. The van der Waals surface area contributed by atoms with Crippen LogP contribution in [0.5, 0.6) is 0 Å². The van der Waals surface area contributed by atoms with Crippen molar-refractivity contribution < 1.29 is 9.59 Å². The zero-order valence-corrected chi connectivity index (χ0v) is 12.4. The standard InChI is InChI=1S/C16H14ClN3O2/c17-12-3-1-11(2-4-12)15(21)19-13-5-7-14(8-6-13)20-10-9-18-16(20)22/h1-8H,9-10H2,(H,18,22)(H,19,21). The second-order valence-corrected chi connectivity index (χ2v) is 5.33. The number of hydrogen-bond donors (Lipinski definition) is 2. The van der Waals surface area contributed by atoms with Crippen LogP contribution in [0.2, 0.25) is 5.02 Å². The molecule has 3 amide bonds. The van der Waals surface area contributed by atoms with Crippen molar-refractivity contribution in [1.29, 1.82) is 0 Å². The highest BCUT2D eigenvalue weighted by Gasteiger charge is 2.20. The van der Waals surface area contributed by atoms with Gasteiger partial charge in [-0.2, -0.15) is 0 Å². The Balaban J connectivity index is 1.69. The summed E-state index contributed by atoms with van der Waals surface area (Å²) in [5.74, 6) is -0.205. The van der Waals surface area contributed by atoms with E-state index in [1.807, 2.05) is 12.1 Å². The minimum atomic E-state index is -0.205. The molecule has 0 radical (unpaired) electrons. The third-order valence-electron chi connectivity index (χ3n) is 3.40. The average molecular weight is 316 g/mol. The van der Waals surface area contributed by atoms with Gasteiger partial charge in [0.15, 0.2) is 0 Å². The molecular formula is C16H14ClN3O2. The van der Waals surface area contributed by atoms with Crippen LogP contribution in [0.1, 0.15) is 10.4 Å². The second-order valence-electron chi connectivity index (χ2n) is 4.89. The van der Waals surface area contributed by atoms with Crippen LogP contribution in [0.25, 0.3) is 0 Å². The Morgan fingerprint density at radius 3 is 2.36 bits per heavy atom. The van der Waals surface area contributed by atoms with Gasteiger partial charge in [-0.15, -0.1) is 0 Å². The van der Waals surface area contributed by atoms with Crippen molar-refractivity contribution in [1.82, 2.24) is 5.32 Å². The zero-order chi connectivity index (χ0) is 15.5. The van der Waals surface area contributed by atoms with Gasteiger partial charge in [-0.3, -0.25) is 9.69 Å². The van der Waals surface area contributed by atoms with E-state index in [1.165, 1.54) is 0 Å². The Kier molecular flexibility index (Phi) is 3.98. The van der Waals surface area contributed by atoms with Gasteiger partial charge in [0.1, 0.15) is 0 Å². The predicted molar refractivity (Wildman–Crippen MR) is 86.6 cm³/mol. The summed E-state index contributed by atoms with van der Waals surface area (Å²) in [6.45, 7) is 1.29. The second kappa shape index (κ2) is 6.07. The summed E-state index contributed by atoms with van der Waals surface area (Å²) in [4.78, 5) is 25.3. The molecule has 112 valence electrons. The van der Waals surface area contributed by atoms with E-state index in [2.05, 4.69) is 10.6 Å². The SMILES string of the molecule is O=C(Nc1ccc(N2CCNC2=O)cc1)c1ccc(Cl)cc1. The Morgan fingerprint density at radius 2 is 1.77 bits per heavy atom. The number of anilines is 2. The molecular weight excluding hydrogens is 302 g/mol. The van der Waals surface area contributed by atoms with Gasteiger partial charge in [0.05, 0.1) is 0 Å². The first-order valence-corrected chi connectivity index (χ1v) is 7.23. The molecule has 1 heterocycles. The highest BCUT2D eigenvalue weighted by molar-refractivity contribution is 6.30. The average Bonchev–Trinajstić information content (AvgIpc) is 2.95. The minimum Gasteiger partial charge on any atom is -0.336 e. The molecule has 0 aliphatic carbocycles. The van der Waals surface area contributed by atoms with Gasteiger partial charge >= 0.3 is 6.03 Å². The molecule has 1 aliphatic rings. The molecule has 0 unspecified atom stereocenters. The van der Waals surface area contributed by atoms with E-state index in [9.17, 15) is 9.59 Å². The molecule has 0 bridgehead atoms. The summed E-state index contributed by atoms with van der Waals surface area (Å²) in [5.41, 5.74) is 2.01. The van der Waals surface area contributed by atoms with Gasteiger partial charge in [-0.1, -0.05) is 11.6 Å². The molecule has 2 N–H and O–H groups in total. The maximum atomic E-state index is 12.1. The van der Waals surface area contributed by atoms with Crippen molar-refractivity contribution in [3.8, 4) is 0 Å². The molecule has 0 aromatic heterocycles. The van der Waals surface area contributed by atoms with E-state index in [0.29, 0.717) is 29.4 Å². The Morgan fingerprint density at radius 1 is 1.09 bits per heavy atom. The minimum absolute atomic E-state index is 0.0991. The summed E-state index contributed by atoms with van der Waals surface area (Å²) in [6.07, 6.45) is 0. The summed E-state index contributed by atoms with van der Waals surface area (Å²) in [6, 6.07) is 13.7. The number of urea groups is 1. The molecule has 3 rings (SSSR count). The molecule has 5 nitrogen and oxygen atoms in total. The maximum Gasteiger partial charge on any atom is 0.321 e. The summed E-state index contributed by atoms with van der Waals surface area (Å²) >= 11 is 5.80. The molecule has 2 aromatic carbocycles. The van der Waals surface area contributed by atoms with Crippen LogP contribution in [0, 0.1) is 0 Å². The van der Waals surface area contributed by atoms with Crippen LogP contribution < -0.4 is 15.5 Å². The Bertz CT molecular complexity index is 698. The Hall–Kier alpha value is -2.53. The molecule has 2 aromatic rings.